The van der Waals surface area contributed by atoms with E-state index in [-0.39, 0.29) is 0 Å². The van der Waals surface area contributed by atoms with Crippen LogP contribution in [0.4, 0.5) is 17.1 Å². The van der Waals surface area contributed by atoms with Gasteiger partial charge < -0.3 is 4.90 Å². The lowest BCUT2D eigenvalue weighted by Gasteiger charge is -2.31. The van der Waals surface area contributed by atoms with Gasteiger partial charge in [-0.1, -0.05) is 133 Å². The average molecular weight is 554 g/mol. The van der Waals surface area contributed by atoms with Gasteiger partial charge in [0.25, 0.3) is 0 Å². The molecule has 0 radical (unpaired) electrons. The number of fused-ring (bicyclic) bond motifs is 4. The zero-order valence-corrected chi connectivity index (χ0v) is 23.8. The molecule has 1 heterocycles. The average Bonchev–Trinajstić information content (AvgIpc) is 3.45. The zero-order chi connectivity index (χ0) is 27.9. The van der Waals surface area contributed by atoms with Gasteiger partial charge >= 0.3 is 0 Å². The van der Waals surface area contributed by atoms with Gasteiger partial charge in [-0.15, -0.1) is 11.3 Å². The van der Waals surface area contributed by atoms with Gasteiger partial charge in [-0.25, -0.2) is 0 Å². The summed E-state index contributed by atoms with van der Waals surface area (Å²) in [6, 6.07) is 59.2. The van der Waals surface area contributed by atoms with Crippen molar-refractivity contribution < 1.29 is 0 Å². The fourth-order valence-electron chi connectivity index (χ4n) is 6.20. The molecule has 0 fully saturated rings. The molecule has 2 heteroatoms. The molecule has 0 spiro atoms. The SMILES string of the molecule is c1ccc(-c2ccccc2N(c2ccccc2)c2c(-c3cccc4ccccc34)ccc3sc4ccccc4c23)cc1. The van der Waals surface area contributed by atoms with Crippen LogP contribution in [0.3, 0.4) is 0 Å². The third kappa shape index (κ3) is 4.08. The van der Waals surface area contributed by atoms with Crippen LogP contribution in [0, 0.1) is 0 Å². The molecule has 0 aliphatic heterocycles. The largest absolute Gasteiger partial charge is 0.309 e. The maximum absolute atomic E-state index is 2.49. The van der Waals surface area contributed by atoms with Crippen LogP contribution >= 0.6 is 11.3 Å². The Labute approximate surface area is 249 Å². The van der Waals surface area contributed by atoms with E-state index in [0.717, 1.165) is 11.4 Å². The first-order chi connectivity index (χ1) is 20.9. The number of hydrogen-bond donors (Lipinski definition) is 0. The van der Waals surface area contributed by atoms with E-state index < -0.39 is 0 Å². The van der Waals surface area contributed by atoms with E-state index in [1.54, 1.807) is 0 Å². The van der Waals surface area contributed by atoms with Gasteiger partial charge in [-0.3, -0.25) is 0 Å². The Bertz CT molecular complexity index is 2190. The molecule has 0 unspecified atom stereocenters. The molecule has 8 aromatic rings. The zero-order valence-electron chi connectivity index (χ0n) is 22.9. The lowest BCUT2D eigenvalue weighted by molar-refractivity contribution is 1.30. The second kappa shape index (κ2) is 10.3. The Morgan fingerprint density at radius 2 is 1.05 bits per heavy atom. The summed E-state index contributed by atoms with van der Waals surface area (Å²) in [4.78, 5) is 2.49. The molecule has 0 aliphatic carbocycles. The van der Waals surface area contributed by atoms with E-state index in [0.29, 0.717) is 0 Å². The number of benzene rings is 7. The molecule has 0 amide bonds. The standard InChI is InChI=1S/C40H27NS/c1-3-14-29(15-4-1)32-21-9-11-24-36(32)41(30-18-5-2-6-19-30)40-34(33-23-13-17-28-16-7-8-20-31(28)33)26-27-38-39(40)35-22-10-12-25-37(35)42-38/h1-27H. The minimum Gasteiger partial charge on any atom is -0.309 e. The third-order valence-electron chi connectivity index (χ3n) is 8.06. The number of rotatable bonds is 5. The van der Waals surface area contributed by atoms with Crippen LogP contribution in [0.5, 0.6) is 0 Å². The number of anilines is 3. The van der Waals surface area contributed by atoms with Crippen LogP contribution in [0.25, 0.3) is 53.2 Å². The van der Waals surface area contributed by atoms with Crippen molar-refractivity contribution in [3.05, 3.63) is 164 Å². The van der Waals surface area contributed by atoms with Crippen molar-refractivity contribution in [2.24, 2.45) is 0 Å². The quantitative estimate of drug-likeness (QED) is 0.205. The van der Waals surface area contributed by atoms with Gasteiger partial charge in [0.15, 0.2) is 0 Å². The molecule has 0 N–H and O–H groups in total. The Kier molecular flexibility index (Phi) is 6.05. The van der Waals surface area contributed by atoms with Crippen molar-refractivity contribution in [2.75, 3.05) is 4.90 Å². The Morgan fingerprint density at radius 1 is 0.405 bits per heavy atom. The van der Waals surface area contributed by atoms with E-state index in [4.69, 9.17) is 0 Å². The summed E-state index contributed by atoms with van der Waals surface area (Å²) < 4.78 is 2.58. The van der Waals surface area contributed by atoms with Crippen LogP contribution < -0.4 is 4.90 Å². The maximum Gasteiger partial charge on any atom is 0.0633 e. The first-order valence-electron chi connectivity index (χ1n) is 14.3. The molecular formula is C40H27NS. The maximum atomic E-state index is 2.49. The molecule has 42 heavy (non-hydrogen) atoms. The van der Waals surface area contributed by atoms with Crippen molar-refractivity contribution in [1.82, 2.24) is 0 Å². The smallest absolute Gasteiger partial charge is 0.0633 e. The highest BCUT2D eigenvalue weighted by molar-refractivity contribution is 7.26. The van der Waals surface area contributed by atoms with Gasteiger partial charge in [-0.2, -0.15) is 0 Å². The fraction of sp³-hybridized carbons (Fsp3) is 0. The van der Waals surface area contributed by atoms with Crippen molar-refractivity contribution in [2.45, 2.75) is 0 Å². The molecule has 1 aromatic heterocycles. The minimum atomic E-state index is 1.13. The molecule has 0 atom stereocenters. The number of hydrogen-bond acceptors (Lipinski definition) is 2. The highest BCUT2D eigenvalue weighted by atomic mass is 32.1. The highest BCUT2D eigenvalue weighted by Crippen LogP contribution is 2.51. The van der Waals surface area contributed by atoms with Crippen LogP contribution in [0.2, 0.25) is 0 Å². The van der Waals surface area contributed by atoms with Crippen LogP contribution in [-0.2, 0) is 0 Å². The minimum absolute atomic E-state index is 1.13. The number of nitrogens with zero attached hydrogens (tertiary/aromatic N) is 1. The predicted molar refractivity (Wildman–Crippen MR) is 182 cm³/mol. The van der Waals surface area contributed by atoms with E-state index in [1.807, 2.05) is 11.3 Å². The van der Waals surface area contributed by atoms with Crippen molar-refractivity contribution in [3.8, 4) is 22.3 Å². The topological polar surface area (TPSA) is 3.24 Å². The summed E-state index contributed by atoms with van der Waals surface area (Å²) in [6.07, 6.45) is 0. The van der Waals surface area contributed by atoms with Crippen molar-refractivity contribution in [1.29, 1.82) is 0 Å². The molecule has 7 aromatic carbocycles. The van der Waals surface area contributed by atoms with E-state index in [9.17, 15) is 0 Å². The lowest BCUT2D eigenvalue weighted by Crippen LogP contribution is -2.13. The second-order valence-corrected chi connectivity index (χ2v) is 11.6. The van der Waals surface area contributed by atoms with Gasteiger partial charge in [-0.05, 0) is 52.2 Å². The van der Waals surface area contributed by atoms with Gasteiger partial charge in [0.05, 0.1) is 11.4 Å². The molecule has 0 aliphatic rings. The summed E-state index contributed by atoms with van der Waals surface area (Å²) in [7, 11) is 0. The molecule has 8 rings (SSSR count). The number of thiophene rings is 1. The molecule has 1 nitrogen and oxygen atoms in total. The van der Waals surface area contributed by atoms with Gasteiger partial charge in [0.2, 0.25) is 0 Å². The van der Waals surface area contributed by atoms with Crippen molar-refractivity contribution in [3.63, 3.8) is 0 Å². The Hall–Kier alpha value is -5.18. The summed E-state index contributed by atoms with van der Waals surface area (Å²) in [5.41, 5.74) is 8.33. The third-order valence-corrected chi connectivity index (χ3v) is 9.20. The summed E-state index contributed by atoms with van der Waals surface area (Å²) in [5, 5.41) is 5.07. The molecular weight excluding hydrogens is 527 g/mol. The lowest BCUT2D eigenvalue weighted by atomic mass is 9.93. The van der Waals surface area contributed by atoms with Crippen LogP contribution in [-0.4, -0.2) is 0 Å². The van der Waals surface area contributed by atoms with E-state index in [1.165, 1.54) is 58.9 Å². The normalized spacial score (nSPS) is 11.3. The van der Waals surface area contributed by atoms with Crippen molar-refractivity contribution >= 4 is 59.3 Å². The highest BCUT2D eigenvalue weighted by Gasteiger charge is 2.25. The number of para-hydroxylation sites is 2. The van der Waals surface area contributed by atoms with E-state index >= 15 is 0 Å². The van der Waals surface area contributed by atoms with Gasteiger partial charge in [0, 0.05) is 37.0 Å². The summed E-state index contributed by atoms with van der Waals surface area (Å²) in [6.45, 7) is 0. The Morgan fingerprint density at radius 3 is 1.90 bits per heavy atom. The summed E-state index contributed by atoms with van der Waals surface area (Å²) >= 11 is 1.87. The monoisotopic (exact) mass is 553 g/mol. The second-order valence-electron chi connectivity index (χ2n) is 10.5. The first kappa shape index (κ1) is 24.6. The molecule has 0 bridgehead atoms. The molecule has 0 saturated carbocycles. The Balaban J connectivity index is 1.55. The van der Waals surface area contributed by atoms with Crippen LogP contribution in [0.1, 0.15) is 0 Å². The van der Waals surface area contributed by atoms with E-state index in [2.05, 4.69) is 169 Å². The molecule has 198 valence electrons. The molecule has 0 saturated heterocycles. The predicted octanol–water partition coefficient (Wildman–Crippen LogP) is 12.0. The van der Waals surface area contributed by atoms with Gasteiger partial charge in [0.1, 0.15) is 0 Å². The first-order valence-corrected chi connectivity index (χ1v) is 15.1. The van der Waals surface area contributed by atoms with Crippen LogP contribution in [0.15, 0.2) is 164 Å². The fourth-order valence-corrected chi connectivity index (χ4v) is 7.31. The summed E-state index contributed by atoms with van der Waals surface area (Å²) in [5.74, 6) is 0.